The lowest BCUT2D eigenvalue weighted by atomic mass is 10.3. The summed E-state index contributed by atoms with van der Waals surface area (Å²) in [6.45, 7) is 4.35. The summed E-state index contributed by atoms with van der Waals surface area (Å²) in [6, 6.07) is 0. The van der Waals surface area contributed by atoms with E-state index in [1.165, 1.54) is 6.92 Å². The van der Waals surface area contributed by atoms with Crippen LogP contribution in [0.5, 0.6) is 0 Å². The van der Waals surface area contributed by atoms with Crippen molar-refractivity contribution < 1.29 is 31.3 Å². The summed E-state index contributed by atoms with van der Waals surface area (Å²) >= 11 is 0. The van der Waals surface area contributed by atoms with Crippen LogP contribution in [0.4, 0.5) is 8.78 Å². The Balaban J connectivity index is 4.56. The highest BCUT2D eigenvalue weighted by molar-refractivity contribution is 7.85. The minimum absolute atomic E-state index is 0.143. The fourth-order valence-electron chi connectivity index (χ4n) is 0.604. The third-order valence-corrected chi connectivity index (χ3v) is 2.01. The van der Waals surface area contributed by atoms with Crippen LogP contribution in [0, 0.1) is 0 Å². The molecule has 1 N–H and O–H groups in total. The first-order chi connectivity index (χ1) is 6.63. The lowest BCUT2D eigenvalue weighted by Gasteiger charge is -2.15. The van der Waals surface area contributed by atoms with Gasteiger partial charge in [0, 0.05) is 5.57 Å². The molecule has 0 bridgehead atoms. The summed E-state index contributed by atoms with van der Waals surface area (Å²) in [5, 5.41) is 0. The standard InChI is InChI=1S/C7H10F2O5S/c1-4(2)7(10)14-5(6(8)9)3-15(11,12)13/h5-6H,1,3H2,2H3,(H,11,12,13). The van der Waals surface area contributed by atoms with E-state index in [1.807, 2.05) is 0 Å². The topological polar surface area (TPSA) is 80.7 Å². The third-order valence-electron chi connectivity index (χ3n) is 1.26. The van der Waals surface area contributed by atoms with Gasteiger partial charge in [0.05, 0.1) is 0 Å². The van der Waals surface area contributed by atoms with Crippen LogP contribution in [0.25, 0.3) is 0 Å². The highest BCUT2D eigenvalue weighted by Gasteiger charge is 2.29. The van der Waals surface area contributed by atoms with E-state index in [9.17, 15) is 22.0 Å². The average molecular weight is 244 g/mol. The summed E-state index contributed by atoms with van der Waals surface area (Å²) in [5.74, 6) is -2.48. The first-order valence-electron chi connectivity index (χ1n) is 3.73. The van der Waals surface area contributed by atoms with Crippen molar-refractivity contribution in [3.63, 3.8) is 0 Å². The van der Waals surface area contributed by atoms with E-state index in [4.69, 9.17) is 4.55 Å². The number of hydrogen-bond acceptors (Lipinski definition) is 4. The zero-order chi connectivity index (χ0) is 12.2. The summed E-state index contributed by atoms with van der Waals surface area (Å²) in [5.41, 5.74) is -0.143. The van der Waals surface area contributed by atoms with Crippen molar-refractivity contribution in [1.82, 2.24) is 0 Å². The monoisotopic (exact) mass is 244 g/mol. The molecule has 1 unspecified atom stereocenters. The Morgan fingerprint density at radius 1 is 1.53 bits per heavy atom. The van der Waals surface area contributed by atoms with Crippen molar-refractivity contribution in [2.45, 2.75) is 19.5 Å². The molecule has 0 aliphatic rings. The molecule has 0 saturated carbocycles. The van der Waals surface area contributed by atoms with Gasteiger partial charge in [0.15, 0.2) is 6.10 Å². The highest BCUT2D eigenvalue weighted by atomic mass is 32.2. The van der Waals surface area contributed by atoms with E-state index in [0.717, 1.165) is 0 Å². The van der Waals surface area contributed by atoms with Crippen LogP contribution in [-0.2, 0) is 19.6 Å². The summed E-state index contributed by atoms with van der Waals surface area (Å²) < 4.78 is 57.4. The van der Waals surface area contributed by atoms with Crippen LogP contribution in [0.1, 0.15) is 6.92 Å². The predicted octanol–water partition coefficient (Wildman–Crippen LogP) is 0.627. The Morgan fingerprint density at radius 2 is 2.00 bits per heavy atom. The molecule has 0 heterocycles. The van der Waals surface area contributed by atoms with Crippen LogP contribution < -0.4 is 0 Å². The number of alkyl halides is 2. The molecule has 0 fully saturated rings. The molecular formula is C7H10F2O5S. The highest BCUT2D eigenvalue weighted by Crippen LogP contribution is 2.10. The van der Waals surface area contributed by atoms with Crippen LogP contribution in [0.15, 0.2) is 12.2 Å². The summed E-state index contributed by atoms with van der Waals surface area (Å²) in [4.78, 5) is 10.8. The van der Waals surface area contributed by atoms with Crippen molar-refractivity contribution in [3.05, 3.63) is 12.2 Å². The molecule has 15 heavy (non-hydrogen) atoms. The molecule has 88 valence electrons. The predicted molar refractivity (Wildman–Crippen MR) is 47.1 cm³/mol. The smallest absolute Gasteiger partial charge is 0.333 e. The molecule has 5 nitrogen and oxygen atoms in total. The zero-order valence-electron chi connectivity index (χ0n) is 7.81. The molecule has 0 radical (unpaired) electrons. The Kier molecular flexibility index (Phi) is 4.82. The molecule has 0 saturated heterocycles. The van der Waals surface area contributed by atoms with E-state index < -0.39 is 34.4 Å². The van der Waals surface area contributed by atoms with Gasteiger partial charge < -0.3 is 4.74 Å². The van der Waals surface area contributed by atoms with Crippen LogP contribution in [-0.4, -0.2) is 37.2 Å². The number of rotatable bonds is 5. The molecule has 0 aromatic rings. The van der Waals surface area contributed by atoms with E-state index in [-0.39, 0.29) is 5.57 Å². The molecule has 0 amide bonds. The minimum atomic E-state index is -4.63. The van der Waals surface area contributed by atoms with Gasteiger partial charge in [-0.2, -0.15) is 8.42 Å². The molecule has 0 aromatic heterocycles. The molecular weight excluding hydrogens is 234 g/mol. The second-order valence-electron chi connectivity index (χ2n) is 2.81. The maximum Gasteiger partial charge on any atom is 0.333 e. The fourth-order valence-corrected chi connectivity index (χ4v) is 1.23. The van der Waals surface area contributed by atoms with Gasteiger partial charge in [0.25, 0.3) is 16.5 Å². The SMILES string of the molecule is C=C(C)C(=O)OC(CS(=O)(=O)O)C(F)F. The van der Waals surface area contributed by atoms with Gasteiger partial charge in [0.1, 0.15) is 5.75 Å². The Morgan fingerprint density at radius 3 is 2.27 bits per heavy atom. The van der Waals surface area contributed by atoms with Crippen LogP contribution in [0.2, 0.25) is 0 Å². The van der Waals surface area contributed by atoms with Crippen molar-refractivity contribution >= 4 is 16.1 Å². The van der Waals surface area contributed by atoms with Crippen molar-refractivity contribution in [3.8, 4) is 0 Å². The number of halogens is 2. The van der Waals surface area contributed by atoms with Gasteiger partial charge in [-0.1, -0.05) is 6.58 Å². The van der Waals surface area contributed by atoms with Crippen LogP contribution in [0.3, 0.4) is 0 Å². The number of hydrogen-bond donors (Lipinski definition) is 1. The van der Waals surface area contributed by atoms with Gasteiger partial charge in [-0.3, -0.25) is 4.55 Å². The lowest BCUT2D eigenvalue weighted by molar-refractivity contribution is -0.150. The van der Waals surface area contributed by atoms with Gasteiger partial charge in [-0.15, -0.1) is 0 Å². The van der Waals surface area contributed by atoms with Crippen molar-refractivity contribution in [2.75, 3.05) is 5.75 Å². The second kappa shape index (κ2) is 5.17. The zero-order valence-corrected chi connectivity index (χ0v) is 8.63. The molecule has 0 aromatic carbocycles. The Bertz CT molecular complexity index is 348. The Hall–Kier alpha value is -1.02. The minimum Gasteiger partial charge on any atom is -0.452 e. The summed E-state index contributed by atoms with van der Waals surface area (Å²) in [7, 11) is -4.63. The molecule has 0 aliphatic heterocycles. The molecule has 0 rings (SSSR count). The van der Waals surface area contributed by atoms with Gasteiger partial charge in [0.2, 0.25) is 0 Å². The molecule has 0 spiro atoms. The van der Waals surface area contributed by atoms with E-state index in [2.05, 4.69) is 11.3 Å². The number of ether oxygens (including phenoxy) is 1. The van der Waals surface area contributed by atoms with E-state index in [0.29, 0.717) is 0 Å². The summed E-state index contributed by atoms with van der Waals surface area (Å²) in [6.07, 6.45) is -5.39. The second-order valence-corrected chi connectivity index (χ2v) is 4.30. The fraction of sp³-hybridized carbons (Fsp3) is 0.571. The van der Waals surface area contributed by atoms with Crippen LogP contribution >= 0.6 is 0 Å². The lowest BCUT2D eigenvalue weighted by Crippen LogP contribution is -2.33. The van der Waals surface area contributed by atoms with E-state index >= 15 is 0 Å². The van der Waals surface area contributed by atoms with Crippen molar-refractivity contribution in [2.24, 2.45) is 0 Å². The maximum absolute atomic E-state index is 12.2. The first kappa shape index (κ1) is 14.0. The van der Waals surface area contributed by atoms with Crippen molar-refractivity contribution in [1.29, 1.82) is 0 Å². The quantitative estimate of drug-likeness (QED) is 0.436. The Labute approximate surface area is 85.5 Å². The molecule has 1 atom stereocenters. The van der Waals surface area contributed by atoms with E-state index in [1.54, 1.807) is 0 Å². The van der Waals surface area contributed by atoms with Gasteiger partial charge in [-0.25, -0.2) is 13.6 Å². The molecule has 0 aliphatic carbocycles. The average Bonchev–Trinajstić information content (AvgIpc) is 1.99. The number of carbonyl (C=O) groups is 1. The third kappa shape index (κ3) is 6.13. The first-order valence-corrected chi connectivity index (χ1v) is 5.34. The van der Waals surface area contributed by atoms with Gasteiger partial charge >= 0.3 is 5.97 Å². The maximum atomic E-state index is 12.2. The largest absolute Gasteiger partial charge is 0.452 e. The number of carbonyl (C=O) groups excluding carboxylic acids is 1. The normalized spacial score (nSPS) is 13.7. The van der Waals surface area contributed by atoms with Gasteiger partial charge in [-0.05, 0) is 6.92 Å². The molecule has 8 heteroatoms. The number of esters is 1.